The first kappa shape index (κ1) is 17.2. The molecule has 0 aliphatic heterocycles. The van der Waals surface area contributed by atoms with Gasteiger partial charge in [-0.15, -0.1) is 0 Å². The molecule has 0 saturated heterocycles. The molecular formula is C9H24N2O3S. The summed E-state index contributed by atoms with van der Waals surface area (Å²) in [6.07, 6.45) is 3.75. The summed E-state index contributed by atoms with van der Waals surface area (Å²) in [4.78, 5) is 0. The van der Waals surface area contributed by atoms with Crippen LogP contribution in [0.4, 0.5) is 0 Å². The van der Waals surface area contributed by atoms with Gasteiger partial charge in [-0.3, -0.25) is 4.55 Å². The molecule has 6 heteroatoms. The lowest BCUT2D eigenvalue weighted by Gasteiger charge is -2.16. The first-order valence-electron chi connectivity index (χ1n) is 5.10. The highest BCUT2D eigenvalue weighted by molar-refractivity contribution is 7.87. The van der Waals surface area contributed by atoms with Crippen molar-refractivity contribution in [3.8, 4) is 0 Å². The minimum Gasteiger partial charge on any atom is -0.330 e. The predicted molar refractivity (Wildman–Crippen MR) is 63.3 cm³/mol. The van der Waals surface area contributed by atoms with Crippen LogP contribution in [0.1, 0.15) is 40.0 Å². The maximum absolute atomic E-state index is 10.4. The van der Waals surface area contributed by atoms with Crippen LogP contribution in [0, 0.1) is 0 Å². The minimum atomic E-state index is -3.98. The Labute approximate surface area is 93.0 Å². The van der Waals surface area contributed by atoms with E-state index in [0.717, 1.165) is 6.54 Å². The highest BCUT2D eigenvalue weighted by atomic mass is 32.2. The topological polar surface area (TPSA) is 106 Å². The van der Waals surface area contributed by atoms with Gasteiger partial charge in [-0.25, -0.2) is 0 Å². The maximum Gasteiger partial charge on any atom is 0.271 e. The van der Waals surface area contributed by atoms with Crippen molar-refractivity contribution in [1.82, 2.24) is 0 Å². The van der Waals surface area contributed by atoms with E-state index in [1.54, 1.807) is 0 Å². The van der Waals surface area contributed by atoms with Crippen LogP contribution in [0.3, 0.4) is 0 Å². The molecule has 15 heavy (non-hydrogen) atoms. The highest BCUT2D eigenvalue weighted by Gasteiger charge is 2.30. The van der Waals surface area contributed by atoms with Gasteiger partial charge in [-0.05, 0) is 26.8 Å². The Morgan fingerprint density at radius 3 is 1.73 bits per heavy atom. The Hall–Kier alpha value is -0.170. The second kappa shape index (κ2) is 8.04. The fourth-order valence-electron chi connectivity index (χ4n) is 0.500. The number of hydrogen-bond donors (Lipinski definition) is 3. The van der Waals surface area contributed by atoms with Gasteiger partial charge in [0.2, 0.25) is 0 Å². The van der Waals surface area contributed by atoms with E-state index in [1.807, 2.05) is 0 Å². The molecule has 0 saturated carbocycles. The molecule has 5 N–H and O–H groups in total. The van der Waals surface area contributed by atoms with E-state index in [2.05, 4.69) is 6.92 Å². The van der Waals surface area contributed by atoms with Crippen molar-refractivity contribution in [2.75, 3.05) is 13.1 Å². The van der Waals surface area contributed by atoms with Crippen LogP contribution < -0.4 is 11.5 Å². The Balaban J connectivity index is 0. The molecular weight excluding hydrogens is 216 g/mol. The molecule has 0 rings (SSSR count). The van der Waals surface area contributed by atoms with Crippen molar-refractivity contribution in [3.05, 3.63) is 0 Å². The van der Waals surface area contributed by atoms with Crippen LogP contribution >= 0.6 is 0 Å². The van der Waals surface area contributed by atoms with Crippen molar-refractivity contribution in [2.45, 2.75) is 44.8 Å². The standard InChI is InChI=1S/C5H13N.C4H11NO3S/c1-2-3-4-5-6;1-4(2,3-5)9(6,7)8/h2-6H2,1H3;3,5H2,1-2H3,(H,6,7,8). The third kappa shape index (κ3) is 8.80. The lowest BCUT2D eigenvalue weighted by molar-refractivity contribution is 0.443. The molecule has 0 spiro atoms. The first-order chi connectivity index (χ1) is 6.72. The number of unbranched alkanes of at least 4 members (excludes halogenated alkanes) is 2. The fourth-order valence-corrected chi connectivity index (χ4v) is 0.710. The normalized spacial score (nSPS) is 11.9. The number of rotatable bonds is 5. The number of nitrogens with two attached hydrogens (primary N) is 2. The predicted octanol–water partition coefficient (Wildman–Crippen LogP) is 0.747. The molecule has 5 nitrogen and oxygen atoms in total. The molecule has 0 aliphatic rings. The molecule has 0 aromatic heterocycles. The molecule has 0 unspecified atom stereocenters. The van der Waals surface area contributed by atoms with Crippen molar-refractivity contribution in [3.63, 3.8) is 0 Å². The molecule has 0 radical (unpaired) electrons. The van der Waals surface area contributed by atoms with E-state index in [9.17, 15) is 8.42 Å². The average Bonchev–Trinajstić information content (AvgIpc) is 2.14. The van der Waals surface area contributed by atoms with Crippen molar-refractivity contribution < 1.29 is 13.0 Å². The molecule has 0 bridgehead atoms. The Morgan fingerprint density at radius 1 is 1.20 bits per heavy atom. The van der Waals surface area contributed by atoms with Crippen molar-refractivity contribution in [2.24, 2.45) is 11.5 Å². The van der Waals surface area contributed by atoms with Gasteiger partial charge in [0, 0.05) is 6.54 Å². The molecule has 0 aromatic carbocycles. The smallest absolute Gasteiger partial charge is 0.271 e. The van der Waals surface area contributed by atoms with Crippen LogP contribution in [0.2, 0.25) is 0 Å². The van der Waals surface area contributed by atoms with E-state index >= 15 is 0 Å². The van der Waals surface area contributed by atoms with Gasteiger partial charge >= 0.3 is 0 Å². The van der Waals surface area contributed by atoms with E-state index in [1.165, 1.54) is 33.1 Å². The van der Waals surface area contributed by atoms with Gasteiger partial charge in [0.05, 0.1) is 0 Å². The Bertz CT molecular complexity index is 234. The lowest BCUT2D eigenvalue weighted by atomic mass is 10.2. The van der Waals surface area contributed by atoms with Gasteiger partial charge in [0.15, 0.2) is 0 Å². The first-order valence-corrected chi connectivity index (χ1v) is 6.54. The second-order valence-electron chi connectivity index (χ2n) is 3.93. The minimum absolute atomic E-state index is 0.0775. The second-order valence-corrected chi connectivity index (χ2v) is 5.99. The maximum atomic E-state index is 10.4. The summed E-state index contributed by atoms with van der Waals surface area (Å²) in [5, 5.41) is 0. The largest absolute Gasteiger partial charge is 0.330 e. The Morgan fingerprint density at radius 2 is 1.67 bits per heavy atom. The van der Waals surface area contributed by atoms with Crippen LogP contribution in [0.15, 0.2) is 0 Å². The summed E-state index contributed by atoms with van der Waals surface area (Å²) in [6, 6.07) is 0. The van der Waals surface area contributed by atoms with Gasteiger partial charge in [-0.1, -0.05) is 19.8 Å². The Kier molecular flexibility index (Phi) is 9.23. The van der Waals surface area contributed by atoms with Gasteiger partial charge in [-0.2, -0.15) is 8.42 Å². The summed E-state index contributed by atoms with van der Waals surface area (Å²) in [7, 11) is -3.98. The average molecular weight is 240 g/mol. The zero-order valence-corrected chi connectivity index (χ0v) is 10.7. The zero-order chi connectivity index (χ0) is 12.5. The van der Waals surface area contributed by atoms with Gasteiger partial charge < -0.3 is 11.5 Å². The van der Waals surface area contributed by atoms with Gasteiger partial charge in [0.25, 0.3) is 10.1 Å². The van der Waals surface area contributed by atoms with E-state index < -0.39 is 14.9 Å². The van der Waals surface area contributed by atoms with Crippen LogP contribution in [0.25, 0.3) is 0 Å². The van der Waals surface area contributed by atoms with E-state index in [-0.39, 0.29) is 6.54 Å². The zero-order valence-electron chi connectivity index (χ0n) is 9.86. The molecule has 0 fully saturated rings. The summed E-state index contributed by atoms with van der Waals surface area (Å²) in [6.45, 7) is 5.68. The van der Waals surface area contributed by atoms with E-state index in [4.69, 9.17) is 16.0 Å². The summed E-state index contributed by atoms with van der Waals surface area (Å²) < 4.78 is 27.9. The summed E-state index contributed by atoms with van der Waals surface area (Å²) in [5.41, 5.74) is 10.3. The van der Waals surface area contributed by atoms with Crippen molar-refractivity contribution >= 4 is 10.1 Å². The molecule has 0 heterocycles. The molecule has 0 amide bonds. The third-order valence-corrected chi connectivity index (χ3v) is 3.56. The highest BCUT2D eigenvalue weighted by Crippen LogP contribution is 2.11. The van der Waals surface area contributed by atoms with Crippen LogP contribution in [-0.2, 0) is 10.1 Å². The molecule has 94 valence electrons. The molecule has 0 atom stereocenters. The summed E-state index contributed by atoms with van der Waals surface area (Å²) in [5.74, 6) is 0. The lowest BCUT2D eigenvalue weighted by Crippen LogP contribution is -2.39. The van der Waals surface area contributed by atoms with Gasteiger partial charge in [0.1, 0.15) is 4.75 Å². The van der Waals surface area contributed by atoms with Crippen LogP contribution in [-0.4, -0.2) is 30.8 Å². The van der Waals surface area contributed by atoms with E-state index in [0.29, 0.717) is 0 Å². The fraction of sp³-hybridized carbons (Fsp3) is 1.00. The van der Waals surface area contributed by atoms with Crippen molar-refractivity contribution in [1.29, 1.82) is 0 Å². The summed E-state index contributed by atoms with van der Waals surface area (Å²) >= 11 is 0. The monoisotopic (exact) mass is 240 g/mol. The molecule has 0 aromatic rings. The molecule has 0 aliphatic carbocycles. The third-order valence-electron chi connectivity index (χ3n) is 2.00. The van der Waals surface area contributed by atoms with Crippen LogP contribution in [0.5, 0.6) is 0 Å². The quantitative estimate of drug-likeness (QED) is 0.485. The SMILES string of the molecule is CC(C)(CN)S(=O)(=O)O.CCCCCN. The number of hydrogen-bond acceptors (Lipinski definition) is 4.